The van der Waals surface area contributed by atoms with Gasteiger partial charge in [0.05, 0.1) is 22.3 Å². The van der Waals surface area contributed by atoms with Gasteiger partial charge in [-0.15, -0.1) is 11.3 Å². The summed E-state index contributed by atoms with van der Waals surface area (Å²) in [4.78, 5) is 36.9. The molecule has 1 amide bonds. The van der Waals surface area contributed by atoms with Crippen molar-refractivity contribution in [3.63, 3.8) is 0 Å². The van der Waals surface area contributed by atoms with Gasteiger partial charge in [0.15, 0.2) is 5.57 Å². The van der Waals surface area contributed by atoms with Gasteiger partial charge in [0.2, 0.25) is 0 Å². The van der Waals surface area contributed by atoms with Crippen molar-refractivity contribution in [1.82, 2.24) is 4.57 Å². The molecule has 0 aliphatic heterocycles. The highest BCUT2D eigenvalue weighted by molar-refractivity contribution is 7.07. The Labute approximate surface area is 208 Å². The summed E-state index contributed by atoms with van der Waals surface area (Å²) in [6.45, 7) is 0. The highest BCUT2D eigenvalue weighted by atomic mass is 32.1. The fourth-order valence-corrected chi connectivity index (χ4v) is 4.47. The van der Waals surface area contributed by atoms with E-state index in [2.05, 4.69) is 5.32 Å². The molecule has 36 heavy (non-hydrogen) atoms. The number of carbonyl (C=O) groups excluding carboxylic acids is 1. The molecule has 0 unspecified atom stereocenters. The highest BCUT2D eigenvalue weighted by Gasteiger charge is 2.17. The van der Waals surface area contributed by atoms with Crippen molar-refractivity contribution < 1.29 is 14.5 Å². The molecule has 0 atom stereocenters. The van der Waals surface area contributed by atoms with E-state index in [0.29, 0.717) is 22.7 Å². The Morgan fingerprint density at radius 2 is 1.75 bits per heavy atom. The number of nitrogens with zero attached hydrogens (tertiary/aromatic N) is 3. The number of thiazole rings is 1. The first-order valence-electron chi connectivity index (χ1n) is 10.5. The average Bonchev–Trinajstić information content (AvgIpc) is 3.21. The molecule has 0 spiro atoms. The Morgan fingerprint density at radius 1 is 1.08 bits per heavy atom. The summed E-state index contributed by atoms with van der Waals surface area (Å²) in [6.07, 6.45) is 1.57. The second-order valence-corrected chi connectivity index (χ2v) is 8.44. The maximum atomic E-state index is 13.4. The van der Waals surface area contributed by atoms with Gasteiger partial charge in [-0.1, -0.05) is 18.2 Å². The van der Waals surface area contributed by atoms with Crippen molar-refractivity contribution in [1.29, 1.82) is 5.26 Å². The molecular formula is C26H18N4O5S. The first kappa shape index (κ1) is 24.1. The first-order chi connectivity index (χ1) is 17.4. The number of ether oxygens (including phenoxy) is 1. The predicted octanol–water partition coefficient (Wildman–Crippen LogP) is 2.96. The Bertz CT molecular complexity index is 1650. The predicted molar refractivity (Wildman–Crippen MR) is 136 cm³/mol. The molecule has 9 nitrogen and oxygen atoms in total. The van der Waals surface area contributed by atoms with Gasteiger partial charge in [0, 0.05) is 17.8 Å². The van der Waals surface area contributed by atoms with Crippen LogP contribution >= 0.6 is 11.3 Å². The lowest BCUT2D eigenvalue weighted by Crippen LogP contribution is -2.32. The molecule has 3 aromatic carbocycles. The Kier molecular flexibility index (Phi) is 7.04. The summed E-state index contributed by atoms with van der Waals surface area (Å²) in [7, 11) is 1.53. The number of para-hydroxylation sites is 1. The van der Waals surface area contributed by atoms with E-state index in [-0.39, 0.29) is 20.5 Å². The number of anilines is 1. The van der Waals surface area contributed by atoms with Gasteiger partial charge in [0.25, 0.3) is 17.2 Å². The minimum absolute atomic E-state index is 0.0731. The number of hydrogen-bond acceptors (Lipinski definition) is 7. The molecule has 178 valence electrons. The average molecular weight is 499 g/mol. The van der Waals surface area contributed by atoms with Crippen LogP contribution in [0.4, 0.5) is 11.4 Å². The van der Waals surface area contributed by atoms with E-state index < -0.39 is 16.4 Å². The summed E-state index contributed by atoms with van der Waals surface area (Å²) < 4.78 is 6.85. The SMILES string of the molecule is COc1ccc(NC(=O)/C(C#N)=c2\s/c(=C/c3ccc([N+](=O)[O-])cc3)c(=O)n2-c2ccccc2)cc1. The van der Waals surface area contributed by atoms with Crippen molar-refractivity contribution >= 4 is 40.3 Å². The molecule has 4 aromatic rings. The molecule has 10 heteroatoms. The van der Waals surface area contributed by atoms with Gasteiger partial charge < -0.3 is 10.1 Å². The largest absolute Gasteiger partial charge is 0.497 e. The van der Waals surface area contributed by atoms with Crippen LogP contribution < -0.4 is 24.8 Å². The van der Waals surface area contributed by atoms with Crippen LogP contribution in [0.2, 0.25) is 0 Å². The molecule has 0 aliphatic carbocycles. The van der Waals surface area contributed by atoms with Gasteiger partial charge in [-0.3, -0.25) is 24.3 Å². The maximum Gasteiger partial charge on any atom is 0.273 e. The number of carbonyl (C=O) groups is 1. The molecule has 0 saturated carbocycles. The highest BCUT2D eigenvalue weighted by Crippen LogP contribution is 2.16. The van der Waals surface area contributed by atoms with Crippen LogP contribution in [-0.2, 0) is 4.79 Å². The van der Waals surface area contributed by atoms with Gasteiger partial charge in [-0.25, -0.2) is 0 Å². The van der Waals surface area contributed by atoms with Gasteiger partial charge >= 0.3 is 0 Å². The molecule has 0 fully saturated rings. The lowest BCUT2D eigenvalue weighted by Gasteiger charge is -2.06. The van der Waals surface area contributed by atoms with Crippen LogP contribution in [0.15, 0.2) is 83.7 Å². The molecule has 0 aliphatic rings. The zero-order valence-corrected chi connectivity index (χ0v) is 19.7. The summed E-state index contributed by atoms with van der Waals surface area (Å²) in [6, 6.07) is 22.9. The lowest BCUT2D eigenvalue weighted by molar-refractivity contribution is -0.384. The lowest BCUT2D eigenvalue weighted by atomic mass is 10.2. The molecule has 4 rings (SSSR count). The van der Waals surface area contributed by atoms with Crippen molar-refractivity contribution in [3.05, 3.63) is 114 Å². The van der Waals surface area contributed by atoms with E-state index in [1.54, 1.807) is 60.7 Å². The second kappa shape index (κ2) is 10.5. The van der Waals surface area contributed by atoms with E-state index in [1.807, 2.05) is 6.07 Å². The van der Waals surface area contributed by atoms with E-state index >= 15 is 0 Å². The number of rotatable bonds is 6. The minimum atomic E-state index is -0.671. The molecule has 1 aromatic heterocycles. The normalized spacial score (nSPS) is 11.9. The second-order valence-electron chi connectivity index (χ2n) is 7.41. The number of aromatic nitrogens is 1. The van der Waals surface area contributed by atoms with Crippen molar-refractivity contribution in [2.75, 3.05) is 12.4 Å². The number of nitro groups is 1. The smallest absolute Gasteiger partial charge is 0.273 e. The third-order valence-electron chi connectivity index (χ3n) is 5.14. The van der Waals surface area contributed by atoms with Crippen LogP contribution in [0.5, 0.6) is 5.75 Å². The molecular weight excluding hydrogens is 480 g/mol. The number of nitro benzene ring substituents is 1. The van der Waals surface area contributed by atoms with E-state index in [4.69, 9.17) is 4.74 Å². The third-order valence-corrected chi connectivity index (χ3v) is 6.23. The number of benzene rings is 3. The third kappa shape index (κ3) is 5.06. The fraction of sp³-hybridized carbons (Fsp3) is 0.0385. The van der Waals surface area contributed by atoms with Crippen LogP contribution in [0.25, 0.3) is 17.3 Å². The molecule has 0 bridgehead atoms. The van der Waals surface area contributed by atoms with Crippen LogP contribution in [0, 0.1) is 21.4 Å². The van der Waals surface area contributed by atoms with Crippen molar-refractivity contribution in [3.8, 4) is 17.5 Å². The molecule has 1 N–H and O–H groups in total. The Morgan fingerprint density at radius 3 is 2.33 bits per heavy atom. The fourth-order valence-electron chi connectivity index (χ4n) is 3.37. The minimum Gasteiger partial charge on any atom is -0.497 e. The van der Waals surface area contributed by atoms with Crippen molar-refractivity contribution in [2.24, 2.45) is 0 Å². The molecule has 1 heterocycles. The molecule has 0 radical (unpaired) electrons. The maximum absolute atomic E-state index is 13.4. The van der Waals surface area contributed by atoms with E-state index in [0.717, 1.165) is 11.3 Å². The number of nitriles is 1. The van der Waals surface area contributed by atoms with Gasteiger partial charge in [-0.2, -0.15) is 5.26 Å². The van der Waals surface area contributed by atoms with Crippen LogP contribution in [-0.4, -0.2) is 22.5 Å². The van der Waals surface area contributed by atoms with Crippen LogP contribution in [0.1, 0.15) is 5.56 Å². The quantitative estimate of drug-likeness (QED) is 0.322. The van der Waals surface area contributed by atoms with Crippen LogP contribution in [0.3, 0.4) is 0 Å². The molecule has 0 saturated heterocycles. The zero-order chi connectivity index (χ0) is 25.7. The summed E-state index contributed by atoms with van der Waals surface area (Å²) >= 11 is 0.985. The zero-order valence-electron chi connectivity index (χ0n) is 18.9. The van der Waals surface area contributed by atoms with E-state index in [1.165, 1.54) is 35.9 Å². The summed E-state index contributed by atoms with van der Waals surface area (Å²) in [5.41, 5.74) is 0.770. The number of hydrogen-bond donors (Lipinski definition) is 1. The summed E-state index contributed by atoms with van der Waals surface area (Å²) in [5, 5.41) is 23.5. The number of nitrogens with one attached hydrogen (secondary N) is 1. The topological polar surface area (TPSA) is 127 Å². The number of non-ortho nitro benzene ring substituents is 1. The monoisotopic (exact) mass is 498 g/mol. The summed E-state index contributed by atoms with van der Waals surface area (Å²) in [5.74, 6) is -0.0597. The van der Waals surface area contributed by atoms with Crippen molar-refractivity contribution in [2.45, 2.75) is 0 Å². The van der Waals surface area contributed by atoms with Gasteiger partial charge in [0.1, 0.15) is 16.5 Å². The Balaban J connectivity index is 1.88. The van der Waals surface area contributed by atoms with E-state index in [9.17, 15) is 25.0 Å². The first-order valence-corrected chi connectivity index (χ1v) is 11.4. The number of amides is 1. The van der Waals surface area contributed by atoms with Gasteiger partial charge in [-0.05, 0) is 60.2 Å². The number of methoxy groups -OCH3 is 1. The standard InChI is InChI=1S/C26H18N4O5S/c1-35-21-13-9-18(10-14-21)28-24(31)22(16-27)26-29(19-5-3-2-4-6-19)25(32)23(36-26)15-17-7-11-20(12-8-17)30(33)34/h2-15H,1H3,(H,28,31)/b23-15+,26-22-. The Hall–Kier alpha value is -5.01.